The molecule has 0 saturated heterocycles. The van der Waals surface area contributed by atoms with E-state index in [1.807, 2.05) is 36.4 Å². The van der Waals surface area contributed by atoms with Gasteiger partial charge < -0.3 is 10.1 Å². The molecule has 0 radical (unpaired) electrons. The lowest BCUT2D eigenvalue weighted by molar-refractivity contribution is 0.0787. The Morgan fingerprint density at radius 2 is 1.56 bits per heavy atom. The minimum Gasteiger partial charge on any atom is -0.386 e. The van der Waals surface area contributed by atoms with E-state index in [2.05, 4.69) is 33.1 Å². The zero-order valence-electron chi connectivity index (χ0n) is 17.4. The van der Waals surface area contributed by atoms with Gasteiger partial charge in [-0.2, -0.15) is 10.5 Å². The van der Waals surface area contributed by atoms with Crippen LogP contribution in [-0.2, 0) is 5.60 Å². The lowest BCUT2D eigenvalue weighted by atomic mass is 9.92. The van der Waals surface area contributed by atoms with Crippen LogP contribution in [0.25, 0.3) is 44.0 Å². The van der Waals surface area contributed by atoms with Crippen LogP contribution in [-0.4, -0.2) is 15.1 Å². The Hall–Kier alpha value is -3.71. The minimum absolute atomic E-state index is 0.392. The van der Waals surface area contributed by atoms with Gasteiger partial charge in [0.15, 0.2) is 0 Å². The molecule has 0 amide bonds. The number of halogens is 1. The second-order valence-electron chi connectivity index (χ2n) is 8.27. The minimum atomic E-state index is -0.978. The Bertz CT molecular complexity index is 1610. The lowest BCUT2D eigenvalue weighted by Crippen LogP contribution is -2.15. The molecule has 0 saturated carbocycles. The average molecular weight is 481 g/mol. The van der Waals surface area contributed by atoms with E-state index in [-0.39, 0.29) is 0 Å². The summed E-state index contributed by atoms with van der Waals surface area (Å²) in [5, 5.41) is 33.7. The number of nitrogens with zero attached hydrogens (tertiary/aromatic N) is 3. The highest BCUT2D eigenvalue weighted by molar-refractivity contribution is 9.10. The molecule has 4 aromatic carbocycles. The predicted molar refractivity (Wildman–Crippen MR) is 129 cm³/mol. The predicted octanol–water partition coefficient (Wildman–Crippen LogP) is 6.27. The maximum atomic E-state index is 10.6. The molecule has 32 heavy (non-hydrogen) atoms. The van der Waals surface area contributed by atoms with Crippen molar-refractivity contribution in [3.63, 3.8) is 0 Å². The zero-order valence-corrected chi connectivity index (χ0v) is 18.9. The summed E-state index contributed by atoms with van der Waals surface area (Å²) in [6.45, 7) is 3.53. The highest BCUT2D eigenvalue weighted by Crippen LogP contribution is 2.39. The second-order valence-corrected chi connectivity index (χ2v) is 9.19. The van der Waals surface area contributed by atoms with Gasteiger partial charge in [0.1, 0.15) is 5.82 Å². The van der Waals surface area contributed by atoms with Gasteiger partial charge in [0.25, 0.3) is 0 Å². The summed E-state index contributed by atoms with van der Waals surface area (Å²) >= 11 is 3.57. The molecule has 0 atom stereocenters. The van der Waals surface area contributed by atoms with Gasteiger partial charge in [-0.1, -0.05) is 40.2 Å². The SMILES string of the molecule is CC(C)(O)c1ccc2c(c1)c1cc(Br)ccc1c1nc(-c3c(C#N)cccc3C#N)[nH]c21. The Kier molecular flexibility index (Phi) is 4.53. The van der Waals surface area contributed by atoms with Crippen molar-refractivity contribution >= 4 is 48.5 Å². The van der Waals surface area contributed by atoms with Crippen LogP contribution < -0.4 is 0 Å². The molecule has 2 N–H and O–H groups in total. The molecule has 1 heterocycles. The highest BCUT2D eigenvalue weighted by Gasteiger charge is 2.21. The molecule has 5 rings (SSSR count). The molecular weight excluding hydrogens is 464 g/mol. The largest absolute Gasteiger partial charge is 0.386 e. The van der Waals surface area contributed by atoms with Crippen molar-refractivity contribution in [2.75, 3.05) is 0 Å². The van der Waals surface area contributed by atoms with Crippen molar-refractivity contribution in [3.8, 4) is 23.5 Å². The number of aliphatic hydroxyl groups is 1. The van der Waals surface area contributed by atoms with Crippen molar-refractivity contribution < 1.29 is 5.11 Å². The van der Waals surface area contributed by atoms with Crippen LogP contribution in [0.4, 0.5) is 0 Å². The van der Waals surface area contributed by atoms with Crippen LogP contribution in [0.15, 0.2) is 59.1 Å². The number of benzene rings is 4. The van der Waals surface area contributed by atoms with E-state index >= 15 is 0 Å². The second kappa shape index (κ2) is 7.17. The summed E-state index contributed by atoms with van der Waals surface area (Å²) in [7, 11) is 0. The number of fused-ring (bicyclic) bond motifs is 6. The van der Waals surface area contributed by atoms with Crippen molar-refractivity contribution in [1.29, 1.82) is 10.5 Å². The molecule has 0 unspecified atom stereocenters. The molecule has 5 nitrogen and oxygen atoms in total. The number of aromatic nitrogens is 2. The molecule has 0 fully saturated rings. The first-order valence-electron chi connectivity index (χ1n) is 10.0. The van der Waals surface area contributed by atoms with Crippen molar-refractivity contribution in [3.05, 3.63) is 75.8 Å². The third-order valence-corrected chi connectivity index (χ3v) is 6.26. The van der Waals surface area contributed by atoms with Crippen molar-refractivity contribution in [1.82, 2.24) is 9.97 Å². The molecule has 0 spiro atoms. The number of hydrogen-bond acceptors (Lipinski definition) is 4. The first kappa shape index (κ1) is 20.2. The lowest BCUT2D eigenvalue weighted by Gasteiger charge is -2.19. The van der Waals surface area contributed by atoms with E-state index in [0.29, 0.717) is 22.5 Å². The summed E-state index contributed by atoms with van der Waals surface area (Å²) in [6, 6.07) is 21.3. The standard InChI is InChI=1S/C26H17BrN4O/c1-26(2,32)16-6-8-18-20(10-16)21-11-17(27)7-9-19(21)24-23(18)30-25(31-24)22-14(12-28)4-3-5-15(22)13-29/h3-11,32H,1-2H3,(H,30,31). The van der Waals surface area contributed by atoms with Crippen LogP contribution in [0, 0.1) is 22.7 Å². The number of nitriles is 2. The summed E-state index contributed by atoms with van der Waals surface area (Å²) in [4.78, 5) is 8.24. The van der Waals surface area contributed by atoms with E-state index in [4.69, 9.17) is 4.98 Å². The van der Waals surface area contributed by atoms with Gasteiger partial charge >= 0.3 is 0 Å². The summed E-state index contributed by atoms with van der Waals surface area (Å²) < 4.78 is 0.941. The average Bonchev–Trinajstić information content (AvgIpc) is 3.22. The Labute approximate surface area is 192 Å². The van der Waals surface area contributed by atoms with Crippen LogP contribution in [0.3, 0.4) is 0 Å². The molecular formula is C26H17BrN4O. The van der Waals surface area contributed by atoms with E-state index < -0.39 is 5.60 Å². The van der Waals surface area contributed by atoms with E-state index in [1.54, 1.807) is 32.0 Å². The molecule has 0 aliphatic heterocycles. The molecule has 6 heteroatoms. The smallest absolute Gasteiger partial charge is 0.141 e. The fourth-order valence-electron chi connectivity index (χ4n) is 4.19. The van der Waals surface area contributed by atoms with Gasteiger partial charge in [-0.05, 0) is 60.5 Å². The number of imidazole rings is 1. The van der Waals surface area contributed by atoms with Gasteiger partial charge in [-0.3, -0.25) is 0 Å². The van der Waals surface area contributed by atoms with E-state index in [9.17, 15) is 15.6 Å². The van der Waals surface area contributed by atoms with Crippen molar-refractivity contribution in [2.24, 2.45) is 0 Å². The first-order valence-corrected chi connectivity index (χ1v) is 10.8. The molecule has 0 aliphatic carbocycles. The third kappa shape index (κ3) is 3.05. The molecule has 154 valence electrons. The number of nitrogens with one attached hydrogen (secondary N) is 1. The van der Waals surface area contributed by atoms with Crippen LogP contribution in [0.2, 0.25) is 0 Å². The van der Waals surface area contributed by atoms with Crippen LogP contribution in [0.1, 0.15) is 30.5 Å². The van der Waals surface area contributed by atoms with Crippen LogP contribution in [0.5, 0.6) is 0 Å². The fraction of sp³-hybridized carbons (Fsp3) is 0.115. The first-order chi connectivity index (χ1) is 15.3. The number of rotatable bonds is 2. The molecule has 0 bridgehead atoms. The van der Waals surface area contributed by atoms with Gasteiger partial charge in [-0.25, -0.2) is 4.98 Å². The normalized spacial score (nSPS) is 11.7. The van der Waals surface area contributed by atoms with Crippen LogP contribution >= 0.6 is 15.9 Å². The highest BCUT2D eigenvalue weighted by atomic mass is 79.9. The van der Waals surface area contributed by atoms with Gasteiger partial charge in [0.05, 0.1) is 45.5 Å². The Morgan fingerprint density at radius 3 is 2.22 bits per heavy atom. The van der Waals surface area contributed by atoms with Crippen molar-refractivity contribution in [2.45, 2.75) is 19.4 Å². The summed E-state index contributed by atoms with van der Waals surface area (Å²) in [5.41, 5.74) is 2.71. The van der Waals surface area contributed by atoms with Gasteiger partial charge in [-0.15, -0.1) is 0 Å². The fourth-order valence-corrected chi connectivity index (χ4v) is 4.55. The van der Waals surface area contributed by atoms with Gasteiger partial charge in [0.2, 0.25) is 0 Å². The third-order valence-electron chi connectivity index (χ3n) is 5.77. The molecule has 0 aliphatic rings. The Balaban J connectivity index is 1.95. The Morgan fingerprint density at radius 1 is 0.906 bits per heavy atom. The molecule has 5 aromatic rings. The summed E-state index contributed by atoms with van der Waals surface area (Å²) in [5.74, 6) is 0.483. The maximum absolute atomic E-state index is 10.6. The zero-order chi connectivity index (χ0) is 22.6. The number of H-pyrrole nitrogens is 1. The number of hydrogen-bond donors (Lipinski definition) is 2. The number of aromatic amines is 1. The quantitative estimate of drug-likeness (QED) is 0.291. The van der Waals surface area contributed by atoms with E-state index in [1.165, 1.54) is 0 Å². The topological polar surface area (TPSA) is 96.5 Å². The van der Waals surface area contributed by atoms with Gasteiger partial charge in [0, 0.05) is 15.2 Å². The van der Waals surface area contributed by atoms with E-state index in [0.717, 1.165) is 42.6 Å². The molecule has 1 aromatic heterocycles. The maximum Gasteiger partial charge on any atom is 0.141 e. The summed E-state index contributed by atoms with van der Waals surface area (Å²) in [6.07, 6.45) is 0. The monoisotopic (exact) mass is 480 g/mol.